The Balaban J connectivity index is 3.21. The lowest BCUT2D eigenvalue weighted by molar-refractivity contribution is -0.145. The van der Waals surface area contributed by atoms with E-state index >= 15 is 0 Å². The molecule has 0 radical (unpaired) electrons. The van der Waals surface area contributed by atoms with Gasteiger partial charge in [-0.2, -0.15) is 0 Å². The minimum absolute atomic E-state index is 0.00227. The molecule has 13 nitrogen and oxygen atoms in total. The average molecular weight is 718 g/mol. The van der Waals surface area contributed by atoms with Gasteiger partial charge in [0.15, 0.2) is 0 Å². The van der Waals surface area contributed by atoms with E-state index < -0.39 is 77.4 Å². The highest BCUT2D eigenvalue weighted by Crippen LogP contribution is 2.14. The second-order valence-corrected chi connectivity index (χ2v) is 15.7. The molecule has 1 aromatic carbocycles. The molecule has 0 aromatic heterocycles. The van der Waals surface area contributed by atoms with Crippen LogP contribution in [0.3, 0.4) is 0 Å². The van der Waals surface area contributed by atoms with Crippen LogP contribution >= 0.6 is 0 Å². The maximum atomic E-state index is 13.8. The van der Waals surface area contributed by atoms with Gasteiger partial charge >= 0.3 is 12.1 Å². The summed E-state index contributed by atoms with van der Waals surface area (Å²) in [5.74, 6) is -3.26. The van der Waals surface area contributed by atoms with E-state index in [1.54, 1.807) is 34.6 Å². The van der Waals surface area contributed by atoms with E-state index in [2.05, 4.69) is 26.6 Å². The fourth-order valence-electron chi connectivity index (χ4n) is 5.34. The number of esters is 1. The molecule has 0 saturated carbocycles. The number of alkyl carbamates (subject to hydrolysis) is 1. The fraction of sp³-hybridized carbons (Fsp3) is 0.684. The minimum Gasteiger partial charge on any atom is -0.467 e. The Bertz CT molecular complexity index is 1290. The minimum atomic E-state index is -1.06. The van der Waals surface area contributed by atoms with Crippen molar-refractivity contribution in [2.75, 3.05) is 7.11 Å². The van der Waals surface area contributed by atoms with Gasteiger partial charge in [0.25, 0.3) is 0 Å². The molecule has 0 unspecified atom stereocenters. The van der Waals surface area contributed by atoms with Crippen LogP contribution in [-0.4, -0.2) is 78.6 Å². The van der Waals surface area contributed by atoms with Crippen molar-refractivity contribution in [2.45, 2.75) is 138 Å². The van der Waals surface area contributed by atoms with E-state index in [0.717, 1.165) is 5.56 Å². The molecule has 0 saturated heterocycles. The predicted molar refractivity (Wildman–Crippen MR) is 196 cm³/mol. The van der Waals surface area contributed by atoms with Gasteiger partial charge in [-0.25, -0.2) is 9.59 Å². The summed E-state index contributed by atoms with van der Waals surface area (Å²) in [6.45, 7) is 20.1. The Morgan fingerprint density at radius 1 is 0.588 bits per heavy atom. The number of benzene rings is 1. The topological polar surface area (TPSA) is 181 Å². The Hall–Kier alpha value is -4.16. The first-order valence-corrected chi connectivity index (χ1v) is 18.0. The third-order valence-electron chi connectivity index (χ3n) is 7.73. The van der Waals surface area contributed by atoms with Gasteiger partial charge in [-0.05, 0) is 69.3 Å². The first kappa shape index (κ1) is 44.9. The number of ether oxygens (including phenoxy) is 2. The molecular weight excluding hydrogens is 654 g/mol. The average Bonchev–Trinajstić information content (AvgIpc) is 3.00. The molecule has 5 N–H and O–H groups in total. The van der Waals surface area contributed by atoms with Gasteiger partial charge in [0.2, 0.25) is 23.6 Å². The summed E-state index contributed by atoms with van der Waals surface area (Å²) in [6, 6.07) is 4.14. The number of amides is 5. The number of nitrogens with one attached hydrogen (secondary N) is 5. The lowest BCUT2D eigenvalue weighted by Crippen LogP contribution is -2.60. The molecule has 0 aliphatic heterocycles. The molecule has 0 fully saturated rings. The number of methoxy groups -OCH3 is 1. The normalized spacial score (nSPS) is 14.6. The molecule has 0 spiro atoms. The molecule has 5 atom stereocenters. The monoisotopic (exact) mass is 717 g/mol. The smallest absolute Gasteiger partial charge is 0.408 e. The molecule has 0 bridgehead atoms. The quantitative estimate of drug-likeness (QED) is 0.133. The van der Waals surface area contributed by atoms with Gasteiger partial charge in [0.1, 0.15) is 35.8 Å². The number of hydrogen-bond acceptors (Lipinski definition) is 8. The molecule has 13 heteroatoms. The Morgan fingerprint density at radius 3 is 1.41 bits per heavy atom. The van der Waals surface area contributed by atoms with Crippen molar-refractivity contribution in [3.63, 3.8) is 0 Å². The summed E-state index contributed by atoms with van der Waals surface area (Å²) >= 11 is 0. The molecule has 51 heavy (non-hydrogen) atoms. The zero-order chi connectivity index (χ0) is 39.1. The number of hydrogen-bond donors (Lipinski definition) is 5. The molecular formula is C38H63N5O8. The molecule has 5 amide bonds. The third-order valence-corrected chi connectivity index (χ3v) is 7.73. The highest BCUT2D eigenvalue weighted by atomic mass is 16.6. The predicted octanol–water partition coefficient (Wildman–Crippen LogP) is 4.03. The first-order valence-electron chi connectivity index (χ1n) is 18.0. The standard InChI is InChI=1S/C38H63N5O8/c1-22(2)18-27(32(44)41-30(36(48)50-12)21-26-16-14-13-15-17-26)40-35(47)31(25(7)8)43-34(46)28(19-23(3)4)39-33(45)29(20-24(5)6)42-37(49)51-38(9,10)11/h13-17,22-25,27-31H,18-21H2,1-12H3,(H,39,45)(H,40,47)(H,41,44)(H,42,49)(H,43,46)/t27-,28-,29+,30-,31-/m0/s1. The summed E-state index contributed by atoms with van der Waals surface area (Å²) in [5, 5.41) is 13.7. The van der Waals surface area contributed by atoms with Gasteiger partial charge in [-0.1, -0.05) is 85.7 Å². The first-order chi connectivity index (χ1) is 23.6. The van der Waals surface area contributed by atoms with Crippen LogP contribution < -0.4 is 26.6 Å². The van der Waals surface area contributed by atoms with E-state index in [-0.39, 0.29) is 37.0 Å². The molecule has 0 heterocycles. The van der Waals surface area contributed by atoms with E-state index in [0.29, 0.717) is 6.42 Å². The SMILES string of the molecule is COC(=O)[C@H](Cc1ccccc1)NC(=O)[C@H](CC(C)C)NC(=O)[C@@H](NC(=O)[C@H](CC(C)C)NC(=O)[C@@H](CC(C)C)NC(=O)OC(C)(C)C)C(C)C. The summed E-state index contributed by atoms with van der Waals surface area (Å²) in [7, 11) is 1.24. The van der Waals surface area contributed by atoms with Crippen LogP contribution in [0, 0.1) is 23.7 Å². The zero-order valence-corrected chi connectivity index (χ0v) is 32.7. The van der Waals surface area contributed by atoms with Crippen molar-refractivity contribution in [2.24, 2.45) is 23.7 Å². The van der Waals surface area contributed by atoms with Crippen molar-refractivity contribution in [1.82, 2.24) is 26.6 Å². The van der Waals surface area contributed by atoms with Crippen LogP contribution in [0.5, 0.6) is 0 Å². The van der Waals surface area contributed by atoms with E-state index in [1.165, 1.54) is 7.11 Å². The lowest BCUT2D eigenvalue weighted by Gasteiger charge is -2.30. The van der Waals surface area contributed by atoms with Crippen LogP contribution in [-0.2, 0) is 39.9 Å². The van der Waals surface area contributed by atoms with Gasteiger partial charge in [0, 0.05) is 6.42 Å². The zero-order valence-electron chi connectivity index (χ0n) is 32.7. The van der Waals surface area contributed by atoms with Gasteiger partial charge < -0.3 is 36.1 Å². The van der Waals surface area contributed by atoms with Gasteiger partial charge in [0.05, 0.1) is 7.11 Å². The van der Waals surface area contributed by atoms with Crippen LogP contribution in [0.25, 0.3) is 0 Å². The maximum Gasteiger partial charge on any atom is 0.408 e. The molecule has 0 aliphatic carbocycles. The number of carbonyl (C=O) groups excluding carboxylic acids is 6. The van der Waals surface area contributed by atoms with Crippen molar-refractivity contribution in [3.05, 3.63) is 35.9 Å². The fourth-order valence-corrected chi connectivity index (χ4v) is 5.34. The molecule has 0 aliphatic rings. The second-order valence-electron chi connectivity index (χ2n) is 15.7. The Morgan fingerprint density at radius 2 is 1.00 bits per heavy atom. The van der Waals surface area contributed by atoms with Gasteiger partial charge in [-0.15, -0.1) is 0 Å². The number of rotatable bonds is 19. The van der Waals surface area contributed by atoms with Crippen molar-refractivity contribution in [1.29, 1.82) is 0 Å². The van der Waals surface area contributed by atoms with Crippen molar-refractivity contribution < 1.29 is 38.2 Å². The second kappa shape index (κ2) is 21.3. The van der Waals surface area contributed by atoms with Crippen LogP contribution in [0.4, 0.5) is 4.79 Å². The van der Waals surface area contributed by atoms with Crippen molar-refractivity contribution >= 4 is 35.7 Å². The van der Waals surface area contributed by atoms with Gasteiger partial charge in [-0.3, -0.25) is 19.2 Å². The van der Waals surface area contributed by atoms with Crippen molar-refractivity contribution in [3.8, 4) is 0 Å². The van der Waals surface area contributed by atoms with Crippen LogP contribution in [0.1, 0.15) is 101 Å². The summed E-state index contributed by atoms with van der Waals surface area (Å²) in [4.78, 5) is 79.8. The van der Waals surface area contributed by atoms with E-state index in [4.69, 9.17) is 9.47 Å². The van der Waals surface area contributed by atoms with E-state index in [9.17, 15) is 28.8 Å². The molecule has 1 aromatic rings. The Kier molecular flexibility index (Phi) is 18.7. The van der Waals surface area contributed by atoms with E-state index in [1.807, 2.05) is 71.9 Å². The molecule has 288 valence electrons. The Labute approximate surface area is 304 Å². The maximum absolute atomic E-state index is 13.8. The summed E-state index contributed by atoms with van der Waals surface area (Å²) in [6.07, 6.45) is 0.283. The summed E-state index contributed by atoms with van der Waals surface area (Å²) in [5.41, 5.74) is 0.0506. The third kappa shape index (κ3) is 17.6. The lowest BCUT2D eigenvalue weighted by atomic mass is 9.97. The number of carbonyl (C=O) groups is 6. The highest BCUT2D eigenvalue weighted by molar-refractivity contribution is 5.96. The van der Waals surface area contributed by atoms with Crippen LogP contribution in [0.15, 0.2) is 30.3 Å². The molecule has 1 rings (SSSR count). The van der Waals surface area contributed by atoms with Crippen LogP contribution in [0.2, 0.25) is 0 Å². The highest BCUT2D eigenvalue weighted by Gasteiger charge is 2.35. The summed E-state index contributed by atoms with van der Waals surface area (Å²) < 4.78 is 10.3. The largest absolute Gasteiger partial charge is 0.467 e.